The number of hydrogen-bond donors (Lipinski definition) is 1. The molecule has 0 bridgehead atoms. The molecule has 2 aromatic heterocycles. The number of aryl methyl sites for hydroxylation is 1. The van der Waals surface area contributed by atoms with Crippen molar-refractivity contribution in [2.75, 3.05) is 24.3 Å². The summed E-state index contributed by atoms with van der Waals surface area (Å²) in [7, 11) is 3.23. The summed E-state index contributed by atoms with van der Waals surface area (Å²) in [5.41, 5.74) is 0.835. The monoisotopic (exact) mass is 284 g/mol. The number of anilines is 2. The molecule has 0 radical (unpaired) electrons. The molecule has 0 fully saturated rings. The first-order valence-electron chi connectivity index (χ1n) is 5.67. The first-order valence-corrected chi connectivity index (χ1v) is 6.55. The van der Waals surface area contributed by atoms with E-state index in [1.165, 1.54) is 18.4 Å². The van der Waals surface area contributed by atoms with Gasteiger partial charge >= 0.3 is 0 Å². The van der Waals surface area contributed by atoms with Gasteiger partial charge < -0.3 is 10.2 Å². The van der Waals surface area contributed by atoms with Crippen molar-refractivity contribution in [2.24, 2.45) is 0 Å². The van der Waals surface area contributed by atoms with Crippen LogP contribution in [0.4, 0.5) is 20.4 Å². The molecule has 2 heterocycles. The van der Waals surface area contributed by atoms with Crippen LogP contribution in [0.25, 0.3) is 0 Å². The van der Waals surface area contributed by atoms with Crippen molar-refractivity contribution in [3.8, 4) is 0 Å². The van der Waals surface area contributed by atoms with Crippen LogP contribution in [0.2, 0.25) is 0 Å². The topological polar surface area (TPSA) is 41.1 Å². The van der Waals surface area contributed by atoms with Gasteiger partial charge in [0.25, 0.3) is 0 Å². The van der Waals surface area contributed by atoms with Crippen molar-refractivity contribution in [1.29, 1.82) is 0 Å². The second kappa shape index (κ2) is 5.48. The number of thiazole rings is 1. The fourth-order valence-corrected chi connectivity index (χ4v) is 2.30. The molecular formula is C12H14F2N4S. The molecule has 19 heavy (non-hydrogen) atoms. The molecule has 0 saturated heterocycles. The number of halogens is 2. The van der Waals surface area contributed by atoms with Gasteiger partial charge in [0.2, 0.25) is 0 Å². The van der Waals surface area contributed by atoms with E-state index in [4.69, 9.17) is 0 Å². The van der Waals surface area contributed by atoms with Crippen LogP contribution >= 0.6 is 11.3 Å². The van der Waals surface area contributed by atoms with Crippen LogP contribution in [0.3, 0.4) is 0 Å². The van der Waals surface area contributed by atoms with E-state index >= 15 is 0 Å². The van der Waals surface area contributed by atoms with Gasteiger partial charge in [0.1, 0.15) is 0 Å². The zero-order valence-corrected chi connectivity index (χ0v) is 11.7. The average Bonchev–Trinajstić information content (AvgIpc) is 2.74. The molecule has 0 saturated carbocycles. The Kier molecular flexibility index (Phi) is 3.94. The van der Waals surface area contributed by atoms with Crippen molar-refractivity contribution in [2.45, 2.75) is 13.5 Å². The molecule has 0 spiro atoms. The van der Waals surface area contributed by atoms with Crippen molar-refractivity contribution >= 4 is 23.0 Å². The number of pyridine rings is 1. The lowest BCUT2D eigenvalue weighted by atomic mass is 10.3. The lowest BCUT2D eigenvalue weighted by Crippen LogP contribution is -2.20. The smallest absolute Gasteiger partial charge is 0.168 e. The van der Waals surface area contributed by atoms with E-state index in [1.807, 2.05) is 12.3 Å². The Morgan fingerprint density at radius 2 is 2.05 bits per heavy atom. The summed E-state index contributed by atoms with van der Waals surface area (Å²) in [6.07, 6.45) is 0. The average molecular weight is 284 g/mol. The minimum atomic E-state index is -0.707. The third kappa shape index (κ3) is 2.98. The number of nitrogens with zero attached hydrogens (tertiary/aromatic N) is 3. The van der Waals surface area contributed by atoms with Gasteiger partial charge in [0.05, 0.1) is 17.2 Å². The second-order valence-corrected chi connectivity index (χ2v) is 5.15. The predicted molar refractivity (Wildman–Crippen MR) is 72.7 cm³/mol. The molecule has 0 amide bonds. The lowest BCUT2D eigenvalue weighted by molar-refractivity contribution is 0.573. The molecule has 2 rings (SSSR count). The van der Waals surface area contributed by atoms with Crippen LogP contribution in [-0.2, 0) is 6.54 Å². The number of rotatable bonds is 4. The summed E-state index contributed by atoms with van der Waals surface area (Å²) in [6, 6.07) is 0.830. The van der Waals surface area contributed by atoms with Crippen LogP contribution < -0.4 is 10.2 Å². The largest absolute Gasteiger partial charge is 0.371 e. The first-order chi connectivity index (χ1) is 9.01. The van der Waals surface area contributed by atoms with E-state index in [1.54, 1.807) is 11.9 Å². The number of hydrogen-bond acceptors (Lipinski definition) is 5. The summed E-state index contributed by atoms with van der Waals surface area (Å²) in [5, 5.41) is 5.45. The van der Waals surface area contributed by atoms with Crippen molar-refractivity contribution < 1.29 is 8.78 Å². The quantitative estimate of drug-likeness (QED) is 0.937. The Labute approximate surface area is 114 Å². The minimum absolute atomic E-state index is 0.0257. The van der Waals surface area contributed by atoms with Gasteiger partial charge in [-0.25, -0.2) is 18.7 Å². The maximum atomic E-state index is 13.7. The van der Waals surface area contributed by atoms with Crippen LogP contribution in [-0.4, -0.2) is 24.1 Å². The van der Waals surface area contributed by atoms with E-state index in [9.17, 15) is 8.78 Å². The number of nitrogens with one attached hydrogen (secondary N) is 1. The maximum absolute atomic E-state index is 13.7. The zero-order chi connectivity index (χ0) is 14.0. The summed E-state index contributed by atoms with van der Waals surface area (Å²) in [5.74, 6) is -1.28. The standard InChI is InChI=1S/C12H14F2N4S/c1-7-16-8(6-19-7)5-18(3)12-10(14)4-9(13)11(15-2)17-12/h4,6H,5H2,1-3H3,(H,15,17). The second-order valence-electron chi connectivity index (χ2n) is 4.09. The van der Waals surface area contributed by atoms with Crippen LogP contribution in [0.1, 0.15) is 10.7 Å². The molecule has 0 unspecified atom stereocenters. The van der Waals surface area contributed by atoms with E-state index in [0.29, 0.717) is 6.54 Å². The molecule has 0 atom stereocenters. The van der Waals surface area contributed by atoms with Gasteiger partial charge in [-0.1, -0.05) is 0 Å². The first kappa shape index (κ1) is 13.7. The molecule has 102 valence electrons. The molecule has 0 aromatic carbocycles. The van der Waals surface area contributed by atoms with Crippen molar-refractivity contribution in [1.82, 2.24) is 9.97 Å². The Morgan fingerprint density at radius 1 is 1.32 bits per heavy atom. The zero-order valence-electron chi connectivity index (χ0n) is 10.9. The van der Waals surface area contributed by atoms with Crippen molar-refractivity contribution in [3.63, 3.8) is 0 Å². The molecule has 7 heteroatoms. The Balaban J connectivity index is 2.25. The maximum Gasteiger partial charge on any atom is 0.168 e. The van der Waals surface area contributed by atoms with Crippen LogP contribution in [0.15, 0.2) is 11.4 Å². The van der Waals surface area contributed by atoms with Crippen molar-refractivity contribution in [3.05, 3.63) is 33.8 Å². The molecule has 1 N–H and O–H groups in total. The normalized spacial score (nSPS) is 10.6. The fourth-order valence-electron chi connectivity index (χ4n) is 1.70. The van der Waals surface area contributed by atoms with Crippen LogP contribution in [0, 0.1) is 18.6 Å². The summed E-state index contributed by atoms with van der Waals surface area (Å²) in [4.78, 5) is 9.84. The molecule has 0 aliphatic carbocycles. The van der Waals surface area contributed by atoms with Gasteiger partial charge in [0.15, 0.2) is 23.3 Å². The fraction of sp³-hybridized carbons (Fsp3) is 0.333. The van der Waals surface area contributed by atoms with E-state index in [0.717, 1.165) is 16.8 Å². The minimum Gasteiger partial charge on any atom is -0.371 e. The lowest BCUT2D eigenvalue weighted by Gasteiger charge is -2.18. The van der Waals surface area contributed by atoms with Gasteiger partial charge in [-0.3, -0.25) is 0 Å². The Bertz CT molecular complexity index is 585. The summed E-state index contributed by atoms with van der Waals surface area (Å²) in [6.45, 7) is 2.33. The Morgan fingerprint density at radius 3 is 2.63 bits per heavy atom. The highest BCUT2D eigenvalue weighted by atomic mass is 32.1. The summed E-state index contributed by atoms with van der Waals surface area (Å²) >= 11 is 1.53. The number of aromatic nitrogens is 2. The Hall–Kier alpha value is -1.76. The van der Waals surface area contributed by atoms with E-state index in [-0.39, 0.29) is 11.6 Å². The van der Waals surface area contributed by atoms with Gasteiger partial charge in [0, 0.05) is 25.5 Å². The third-order valence-electron chi connectivity index (χ3n) is 2.58. The molecular weight excluding hydrogens is 270 g/mol. The molecule has 0 aliphatic rings. The molecule has 0 aliphatic heterocycles. The van der Waals surface area contributed by atoms with E-state index in [2.05, 4.69) is 15.3 Å². The highest BCUT2D eigenvalue weighted by Crippen LogP contribution is 2.22. The van der Waals surface area contributed by atoms with Crippen LogP contribution in [0.5, 0.6) is 0 Å². The van der Waals surface area contributed by atoms with Gasteiger partial charge in [-0.05, 0) is 6.92 Å². The SMILES string of the molecule is CNc1nc(N(C)Cc2csc(C)n2)c(F)cc1F. The molecule has 4 nitrogen and oxygen atoms in total. The highest BCUT2D eigenvalue weighted by Gasteiger charge is 2.15. The third-order valence-corrected chi connectivity index (χ3v) is 3.40. The summed E-state index contributed by atoms with van der Waals surface area (Å²) < 4.78 is 27.1. The predicted octanol–water partition coefficient (Wildman–Crippen LogP) is 2.80. The van der Waals surface area contributed by atoms with Gasteiger partial charge in [-0.15, -0.1) is 11.3 Å². The molecule has 2 aromatic rings. The highest BCUT2D eigenvalue weighted by molar-refractivity contribution is 7.09. The van der Waals surface area contributed by atoms with E-state index < -0.39 is 11.6 Å². The van der Waals surface area contributed by atoms with Gasteiger partial charge in [-0.2, -0.15) is 0 Å².